The molecule has 0 aliphatic heterocycles. The lowest BCUT2D eigenvalue weighted by molar-refractivity contribution is 1.03. The van der Waals surface area contributed by atoms with E-state index in [-0.39, 0.29) is 0 Å². The van der Waals surface area contributed by atoms with Crippen LogP contribution in [0.1, 0.15) is 12.7 Å². The number of nitrogens with zero attached hydrogens (tertiary/aromatic N) is 3. The third-order valence-corrected chi connectivity index (χ3v) is 2.44. The minimum atomic E-state index is 0.601. The first-order valence-corrected chi connectivity index (χ1v) is 5.53. The molecule has 0 aromatic carbocycles. The Bertz CT molecular complexity index is 336. The van der Waals surface area contributed by atoms with Gasteiger partial charge in [-0.15, -0.1) is 0 Å². The monoisotopic (exact) mass is 226 g/mol. The quantitative estimate of drug-likeness (QED) is 0.470. The molecule has 0 saturated heterocycles. The lowest BCUT2D eigenvalue weighted by Gasteiger charge is -2.00. The molecule has 0 fully saturated rings. The highest BCUT2D eigenvalue weighted by Gasteiger charge is 1.98. The standard InChI is InChI=1S/C8H10N4S2/c1-6(11-12-8(13)14-2)7-9-4-3-5-10-7/h3-5H,1-2H3,(H,12,13). The molecule has 0 saturated carbocycles. The molecular weight excluding hydrogens is 216 g/mol. The number of hydrazone groups is 1. The van der Waals surface area contributed by atoms with Crippen LogP contribution in [0.15, 0.2) is 23.6 Å². The number of thiocarbonyl (C=S) groups is 1. The Morgan fingerprint density at radius 3 is 2.71 bits per heavy atom. The summed E-state index contributed by atoms with van der Waals surface area (Å²) in [5.41, 5.74) is 3.44. The van der Waals surface area contributed by atoms with Gasteiger partial charge in [-0.2, -0.15) is 5.10 Å². The van der Waals surface area contributed by atoms with E-state index < -0.39 is 0 Å². The summed E-state index contributed by atoms with van der Waals surface area (Å²) in [6.07, 6.45) is 5.24. The first kappa shape index (κ1) is 11.1. The molecule has 1 rings (SSSR count). The molecule has 0 spiro atoms. The summed E-state index contributed by atoms with van der Waals surface area (Å²) in [6.45, 7) is 1.82. The molecular formula is C8H10N4S2. The number of thioether (sulfide) groups is 1. The van der Waals surface area contributed by atoms with E-state index in [2.05, 4.69) is 20.5 Å². The molecule has 0 radical (unpaired) electrons. The van der Waals surface area contributed by atoms with Crippen LogP contribution in [0.2, 0.25) is 0 Å². The van der Waals surface area contributed by atoms with Crippen molar-refractivity contribution in [1.82, 2.24) is 15.4 Å². The molecule has 0 aliphatic carbocycles. The molecule has 0 aliphatic rings. The van der Waals surface area contributed by atoms with E-state index in [1.54, 1.807) is 18.5 Å². The van der Waals surface area contributed by atoms with Crippen molar-refractivity contribution in [2.45, 2.75) is 6.92 Å². The second kappa shape index (κ2) is 5.66. The van der Waals surface area contributed by atoms with Crippen LogP contribution in [0.4, 0.5) is 0 Å². The van der Waals surface area contributed by atoms with Gasteiger partial charge < -0.3 is 0 Å². The highest BCUT2D eigenvalue weighted by atomic mass is 32.2. The summed E-state index contributed by atoms with van der Waals surface area (Å²) >= 11 is 6.36. The molecule has 0 amide bonds. The summed E-state index contributed by atoms with van der Waals surface area (Å²) < 4.78 is 0.625. The summed E-state index contributed by atoms with van der Waals surface area (Å²) in [7, 11) is 0. The molecule has 0 bridgehead atoms. The van der Waals surface area contributed by atoms with Crippen molar-refractivity contribution >= 4 is 34.0 Å². The average molecular weight is 226 g/mol. The molecule has 0 atom stereocenters. The number of hydrogen-bond donors (Lipinski definition) is 1. The minimum absolute atomic E-state index is 0.601. The third kappa shape index (κ3) is 3.39. The zero-order valence-electron chi connectivity index (χ0n) is 7.89. The fourth-order valence-corrected chi connectivity index (χ4v) is 0.894. The fourth-order valence-electron chi connectivity index (χ4n) is 0.711. The molecule has 4 nitrogen and oxygen atoms in total. The Balaban J connectivity index is 2.66. The van der Waals surface area contributed by atoms with Gasteiger partial charge in [0, 0.05) is 12.4 Å². The van der Waals surface area contributed by atoms with Crippen molar-refractivity contribution in [3.8, 4) is 0 Å². The Kier molecular flexibility index (Phi) is 4.48. The van der Waals surface area contributed by atoms with E-state index in [1.165, 1.54) is 11.8 Å². The SMILES string of the molecule is CSC(=S)NN=C(C)c1ncccn1. The van der Waals surface area contributed by atoms with Gasteiger partial charge in [-0.05, 0) is 19.2 Å². The second-order valence-electron chi connectivity index (χ2n) is 2.37. The van der Waals surface area contributed by atoms with Crippen molar-refractivity contribution in [2.24, 2.45) is 5.10 Å². The van der Waals surface area contributed by atoms with Crippen molar-refractivity contribution < 1.29 is 0 Å². The van der Waals surface area contributed by atoms with Crippen LogP contribution in [0.25, 0.3) is 0 Å². The van der Waals surface area contributed by atoms with Crippen molar-refractivity contribution in [1.29, 1.82) is 0 Å². The predicted octanol–water partition coefficient (Wildman–Crippen LogP) is 1.44. The van der Waals surface area contributed by atoms with Gasteiger partial charge in [-0.1, -0.05) is 24.0 Å². The molecule has 1 aromatic rings. The zero-order valence-corrected chi connectivity index (χ0v) is 9.52. The van der Waals surface area contributed by atoms with Crippen molar-refractivity contribution in [2.75, 3.05) is 6.26 Å². The predicted molar refractivity (Wildman–Crippen MR) is 63.5 cm³/mol. The second-order valence-corrected chi connectivity index (χ2v) is 3.86. The van der Waals surface area contributed by atoms with Gasteiger partial charge in [0.25, 0.3) is 0 Å². The van der Waals surface area contributed by atoms with Gasteiger partial charge in [0.1, 0.15) is 5.71 Å². The number of nitrogens with one attached hydrogen (secondary N) is 1. The van der Waals surface area contributed by atoms with Crippen LogP contribution in [0.5, 0.6) is 0 Å². The van der Waals surface area contributed by atoms with Gasteiger partial charge in [-0.25, -0.2) is 9.97 Å². The maximum atomic E-state index is 4.93. The molecule has 1 heterocycles. The van der Waals surface area contributed by atoms with E-state index in [0.29, 0.717) is 15.9 Å². The smallest absolute Gasteiger partial charge is 0.175 e. The van der Waals surface area contributed by atoms with E-state index in [9.17, 15) is 0 Å². The molecule has 74 valence electrons. The maximum Gasteiger partial charge on any atom is 0.175 e. The van der Waals surface area contributed by atoms with Gasteiger partial charge >= 0.3 is 0 Å². The fraction of sp³-hybridized carbons (Fsp3) is 0.250. The normalized spacial score (nSPS) is 11.1. The van der Waals surface area contributed by atoms with Crippen molar-refractivity contribution in [3.05, 3.63) is 24.3 Å². The Morgan fingerprint density at radius 1 is 1.50 bits per heavy atom. The number of rotatable bonds is 2. The largest absolute Gasteiger partial charge is 0.262 e. The first-order chi connectivity index (χ1) is 6.74. The van der Waals surface area contributed by atoms with Gasteiger partial charge in [0.2, 0.25) is 0 Å². The van der Waals surface area contributed by atoms with Crippen LogP contribution < -0.4 is 5.43 Å². The molecule has 1 aromatic heterocycles. The van der Waals surface area contributed by atoms with Crippen LogP contribution in [-0.4, -0.2) is 26.3 Å². The lowest BCUT2D eigenvalue weighted by Crippen LogP contribution is -2.14. The maximum absolute atomic E-state index is 4.93. The molecule has 0 unspecified atom stereocenters. The highest BCUT2D eigenvalue weighted by Crippen LogP contribution is 1.95. The van der Waals surface area contributed by atoms with Crippen LogP contribution in [0, 0.1) is 0 Å². The van der Waals surface area contributed by atoms with E-state index in [0.717, 1.165) is 0 Å². The molecule has 1 N–H and O–H groups in total. The third-order valence-electron chi connectivity index (χ3n) is 1.39. The average Bonchev–Trinajstić information content (AvgIpc) is 2.26. The topological polar surface area (TPSA) is 50.2 Å². The summed E-state index contributed by atoms with van der Waals surface area (Å²) in [5, 5.41) is 4.04. The number of hydrogen-bond acceptors (Lipinski definition) is 5. The van der Waals surface area contributed by atoms with E-state index in [1.807, 2.05) is 13.2 Å². The lowest BCUT2D eigenvalue weighted by atomic mass is 10.4. The van der Waals surface area contributed by atoms with Gasteiger partial charge in [-0.3, -0.25) is 5.43 Å². The Morgan fingerprint density at radius 2 is 2.14 bits per heavy atom. The summed E-state index contributed by atoms with van der Waals surface area (Å²) in [5.74, 6) is 0.601. The summed E-state index contributed by atoms with van der Waals surface area (Å²) in [6, 6.07) is 1.76. The van der Waals surface area contributed by atoms with Crippen LogP contribution in [0.3, 0.4) is 0 Å². The van der Waals surface area contributed by atoms with Crippen molar-refractivity contribution in [3.63, 3.8) is 0 Å². The minimum Gasteiger partial charge on any atom is -0.262 e. The van der Waals surface area contributed by atoms with Crippen LogP contribution in [-0.2, 0) is 0 Å². The first-order valence-electron chi connectivity index (χ1n) is 3.89. The Hall–Kier alpha value is -1.01. The summed E-state index contributed by atoms with van der Waals surface area (Å²) in [4.78, 5) is 8.10. The van der Waals surface area contributed by atoms with Crippen LogP contribution >= 0.6 is 24.0 Å². The zero-order chi connectivity index (χ0) is 10.4. The van der Waals surface area contributed by atoms with Gasteiger partial charge in [0.15, 0.2) is 10.1 Å². The molecule has 6 heteroatoms. The highest BCUT2D eigenvalue weighted by molar-refractivity contribution is 8.22. The number of aromatic nitrogens is 2. The van der Waals surface area contributed by atoms with E-state index >= 15 is 0 Å². The molecule has 14 heavy (non-hydrogen) atoms. The van der Waals surface area contributed by atoms with Gasteiger partial charge in [0.05, 0.1) is 0 Å². The Labute approximate surface area is 92.2 Å². The van der Waals surface area contributed by atoms with E-state index in [4.69, 9.17) is 12.2 Å².